The zero-order valence-electron chi connectivity index (χ0n) is 55.8. The van der Waals surface area contributed by atoms with E-state index in [0.29, 0.717) is 41.4 Å². The van der Waals surface area contributed by atoms with Crippen LogP contribution < -0.4 is 26.6 Å². The van der Waals surface area contributed by atoms with Gasteiger partial charge in [-0.3, -0.25) is 9.98 Å². The van der Waals surface area contributed by atoms with E-state index in [9.17, 15) is 0 Å². The molecule has 0 aromatic carbocycles. The molecule has 0 spiro atoms. The Labute approximate surface area is 534 Å². The van der Waals surface area contributed by atoms with Gasteiger partial charge in [-0.2, -0.15) is 0 Å². The maximum absolute atomic E-state index is 4.36. The van der Waals surface area contributed by atoms with E-state index in [0.717, 1.165) is 121 Å². The summed E-state index contributed by atoms with van der Waals surface area (Å²) >= 11 is 0. The van der Waals surface area contributed by atoms with Gasteiger partial charge in [-0.15, -0.1) is 0 Å². The first-order valence-electron chi connectivity index (χ1n) is 32.7. The number of pyridine rings is 4. The minimum Gasteiger partial charge on any atom is -0.370 e. The number of rotatable bonds is 7. The van der Waals surface area contributed by atoms with E-state index in [1.54, 1.807) is 19.0 Å². The lowest BCUT2D eigenvalue weighted by Gasteiger charge is -2.21. The second-order valence-electron chi connectivity index (χ2n) is 25.2. The number of aromatic nitrogens is 11. The Morgan fingerprint density at radius 3 is 1.34 bits per heavy atom. The standard InChI is InChI=1S/2C11H16N2.C11H14N2.C10H13N3.C10H15N3.C9H12N4.C9H11N3/c3*1-8(2)9-5-7-13-11-10(9)4-3-6-12-11;1-7(2)8-3-4-12-10-9(8)11-5-6-13-10;1-7(2)9-8-4-3-5-11-10(8)13-6-12-9;1-6(2)7-8-9(13-5-12-7)11-4-3-10-8;1-6(2)8-7-3-4-10-9(7)12-5-11-8/h2*5,7-8H,3-4,6H2,1-2H3,(H,12,13);5-8H,3-4H2,1-2H3;3-5,7H,6H2,1-2H3,(H,12,13);6-7H,3-5H2,1-2H3,(H,11,12,13);3,5-6H,4H2,1-2H3,(H,11,12,13);3-6H,1-2H3,(H,10,11,12). The summed E-state index contributed by atoms with van der Waals surface area (Å²) in [4.78, 5) is 58.5. The predicted molar refractivity (Wildman–Crippen MR) is 374 cm³/mol. The van der Waals surface area contributed by atoms with Crippen LogP contribution in [0.1, 0.15) is 226 Å². The first kappa shape index (κ1) is 67.3. The molecule has 6 aliphatic heterocycles. The van der Waals surface area contributed by atoms with Crippen LogP contribution in [0, 0.1) is 0 Å². The highest BCUT2D eigenvalue weighted by Gasteiger charge is 2.20. The van der Waals surface area contributed by atoms with Gasteiger partial charge in [-0.25, -0.2) is 54.8 Å². The van der Waals surface area contributed by atoms with Crippen LogP contribution in [-0.2, 0) is 25.7 Å². The molecule has 476 valence electrons. The van der Waals surface area contributed by atoms with Crippen LogP contribution >= 0.6 is 0 Å². The SMILES string of the molecule is CC(C)c1ccnc2c1CCC=N2.CC(C)c1ccnc2c1CCCN2.CC(C)c1ccnc2c1CCCN2.CC(C)c1ccnc2c1N=CCN2.CC(C)c1ncnc2[nH]ccc12.CC(C)c1ncnc2c1CCCN2.CC(C)c1ncnc2c1N=CCN2. The Balaban J connectivity index is 0.000000136. The summed E-state index contributed by atoms with van der Waals surface area (Å²) in [5, 5.41) is 17.5. The van der Waals surface area contributed by atoms with Crippen molar-refractivity contribution in [3.8, 4) is 0 Å². The van der Waals surface area contributed by atoms with Crippen molar-refractivity contribution >= 4 is 76.0 Å². The van der Waals surface area contributed by atoms with Gasteiger partial charge >= 0.3 is 0 Å². The first-order chi connectivity index (χ1) is 43.5. The minimum atomic E-state index is 0.383. The van der Waals surface area contributed by atoms with Crippen LogP contribution in [0.3, 0.4) is 0 Å². The van der Waals surface area contributed by atoms with Crippen molar-refractivity contribution in [1.29, 1.82) is 0 Å². The topological polar surface area (TPSA) is 242 Å². The van der Waals surface area contributed by atoms with Gasteiger partial charge < -0.3 is 31.6 Å². The zero-order chi connectivity index (χ0) is 64.1. The van der Waals surface area contributed by atoms with Gasteiger partial charge in [0.1, 0.15) is 53.5 Å². The van der Waals surface area contributed by atoms with E-state index < -0.39 is 0 Å². The molecule has 19 nitrogen and oxygen atoms in total. The molecule has 8 aromatic rings. The second kappa shape index (κ2) is 33.3. The fourth-order valence-electron chi connectivity index (χ4n) is 11.6. The van der Waals surface area contributed by atoms with Crippen LogP contribution in [0.25, 0.3) is 11.0 Å². The lowest BCUT2D eigenvalue weighted by atomic mass is 9.94. The molecule has 14 heterocycles. The third-order valence-corrected chi connectivity index (χ3v) is 16.1. The van der Waals surface area contributed by atoms with Crippen molar-refractivity contribution in [3.63, 3.8) is 0 Å². The molecule has 0 unspecified atom stereocenters. The number of fused-ring (bicyclic) bond motifs is 7. The summed E-state index contributed by atoms with van der Waals surface area (Å²) in [6.45, 7) is 35.3. The number of nitrogens with one attached hydrogen (secondary N) is 6. The van der Waals surface area contributed by atoms with Crippen molar-refractivity contribution in [2.24, 2.45) is 15.0 Å². The lowest BCUT2D eigenvalue weighted by molar-refractivity contribution is 0.741. The molecule has 6 aliphatic rings. The molecular formula is C71H97N19. The number of aliphatic imine (C=N–C) groups is 3. The van der Waals surface area contributed by atoms with Crippen LogP contribution in [0.2, 0.25) is 0 Å². The van der Waals surface area contributed by atoms with Crippen LogP contribution in [0.4, 0.5) is 46.3 Å². The van der Waals surface area contributed by atoms with Gasteiger partial charge in [-0.1, -0.05) is 96.9 Å². The Hall–Kier alpha value is -8.61. The van der Waals surface area contributed by atoms with E-state index in [-0.39, 0.29) is 0 Å². The van der Waals surface area contributed by atoms with E-state index in [1.807, 2.05) is 61.8 Å². The van der Waals surface area contributed by atoms with Gasteiger partial charge in [0.25, 0.3) is 0 Å². The highest BCUT2D eigenvalue weighted by Crippen LogP contribution is 2.35. The van der Waals surface area contributed by atoms with E-state index in [1.165, 1.54) is 82.3 Å². The molecule has 0 saturated carbocycles. The molecule has 14 rings (SSSR count). The van der Waals surface area contributed by atoms with Crippen LogP contribution in [-0.4, -0.2) is 106 Å². The first-order valence-corrected chi connectivity index (χ1v) is 32.7. The second-order valence-corrected chi connectivity index (χ2v) is 25.2. The maximum atomic E-state index is 4.36. The number of aromatic amines is 1. The fourth-order valence-corrected chi connectivity index (χ4v) is 11.6. The van der Waals surface area contributed by atoms with Gasteiger partial charge in [0.2, 0.25) is 0 Å². The summed E-state index contributed by atoms with van der Waals surface area (Å²) in [6, 6.07) is 10.5. The monoisotopic (exact) mass is 1220 g/mol. The number of hydrogen-bond acceptors (Lipinski definition) is 18. The average Bonchev–Trinajstić information content (AvgIpc) is 1.98. The molecule has 19 heteroatoms. The Morgan fingerprint density at radius 2 is 0.789 bits per heavy atom. The maximum Gasteiger partial charge on any atom is 0.155 e. The van der Waals surface area contributed by atoms with E-state index in [4.69, 9.17) is 0 Å². The molecular weight excluding hydrogens is 1120 g/mol. The van der Waals surface area contributed by atoms with Crippen molar-refractivity contribution in [2.75, 3.05) is 59.3 Å². The number of H-pyrrole nitrogens is 1. The summed E-state index contributed by atoms with van der Waals surface area (Å²) in [6.07, 6.45) is 29.2. The number of hydrogen-bond donors (Lipinski definition) is 6. The quantitative estimate of drug-likeness (QED) is 0.0869. The molecule has 8 aromatic heterocycles. The molecule has 0 atom stereocenters. The molecule has 0 bridgehead atoms. The van der Waals surface area contributed by atoms with Crippen LogP contribution in [0.5, 0.6) is 0 Å². The smallest absolute Gasteiger partial charge is 0.155 e. The van der Waals surface area contributed by atoms with Crippen LogP contribution in [0.15, 0.2) is 95.3 Å². The Bertz CT molecular complexity index is 3450. The molecule has 6 N–H and O–H groups in total. The van der Waals surface area contributed by atoms with Gasteiger partial charge in [-0.05, 0) is 157 Å². The molecule has 0 saturated heterocycles. The molecule has 0 radical (unpaired) electrons. The van der Waals surface area contributed by atoms with Crippen molar-refractivity contribution < 1.29 is 0 Å². The highest BCUT2D eigenvalue weighted by molar-refractivity contribution is 5.81. The largest absolute Gasteiger partial charge is 0.370 e. The summed E-state index contributed by atoms with van der Waals surface area (Å²) in [7, 11) is 0. The minimum absolute atomic E-state index is 0.383. The average molecular weight is 1220 g/mol. The van der Waals surface area contributed by atoms with Gasteiger partial charge in [0.05, 0.1) is 30.2 Å². The van der Waals surface area contributed by atoms with E-state index in [2.05, 4.69) is 212 Å². The van der Waals surface area contributed by atoms with Crippen molar-refractivity contribution in [2.45, 2.75) is 190 Å². The molecule has 90 heavy (non-hydrogen) atoms. The summed E-state index contributed by atoms with van der Waals surface area (Å²) in [5.41, 5.74) is 17.3. The highest BCUT2D eigenvalue weighted by atomic mass is 15.1. The number of anilines is 5. The number of nitrogens with zero attached hydrogens (tertiary/aromatic N) is 13. The Kier molecular flexibility index (Phi) is 24.9. The van der Waals surface area contributed by atoms with Gasteiger partial charge in [0, 0.05) is 85.8 Å². The fraction of sp³-hybridized carbons (Fsp3) is 0.479. The summed E-state index contributed by atoms with van der Waals surface area (Å²) in [5.74, 6) is 9.57. The molecule has 0 fully saturated rings. The van der Waals surface area contributed by atoms with Gasteiger partial charge in [0.15, 0.2) is 17.5 Å². The normalized spacial score (nSPS) is 14.3. The zero-order valence-corrected chi connectivity index (χ0v) is 55.8. The van der Waals surface area contributed by atoms with Crippen molar-refractivity contribution in [3.05, 3.63) is 142 Å². The molecule has 0 amide bonds. The Morgan fingerprint density at radius 1 is 0.344 bits per heavy atom. The van der Waals surface area contributed by atoms with E-state index >= 15 is 0 Å². The third kappa shape index (κ3) is 17.8. The summed E-state index contributed by atoms with van der Waals surface area (Å²) < 4.78 is 0. The van der Waals surface area contributed by atoms with Crippen molar-refractivity contribution in [1.82, 2.24) is 54.8 Å². The molecule has 0 aliphatic carbocycles. The predicted octanol–water partition coefficient (Wildman–Crippen LogP) is 16.1. The third-order valence-electron chi connectivity index (χ3n) is 16.1. The lowest BCUT2D eigenvalue weighted by Crippen LogP contribution is -2.16.